The van der Waals surface area contributed by atoms with E-state index in [9.17, 15) is 29.6 Å². The van der Waals surface area contributed by atoms with Gasteiger partial charge in [0.1, 0.15) is 35.0 Å². The number of rotatable bonds is 11. The van der Waals surface area contributed by atoms with Crippen molar-refractivity contribution in [3.63, 3.8) is 0 Å². The molecule has 6 heterocycles. The van der Waals surface area contributed by atoms with E-state index in [4.69, 9.17) is 58.4 Å². The number of morpholine rings is 1. The van der Waals surface area contributed by atoms with Crippen molar-refractivity contribution >= 4 is 62.4 Å². The fourth-order valence-electron chi connectivity index (χ4n) is 6.92. The zero-order chi connectivity index (χ0) is 49.8. The van der Waals surface area contributed by atoms with Crippen molar-refractivity contribution in [2.24, 2.45) is 0 Å². The first-order chi connectivity index (χ1) is 32.8. The summed E-state index contributed by atoms with van der Waals surface area (Å²) in [6.45, 7) is 9.18. The molecule has 3 atom stereocenters. The predicted molar refractivity (Wildman–Crippen MR) is 255 cm³/mol. The molecule has 2 aromatic heterocycles. The van der Waals surface area contributed by atoms with E-state index in [0.29, 0.717) is 100 Å². The monoisotopic (exact) mass is 1040 g/mol. The standard InChI is InChI=1S/C23H26FN5O6S.C11H14O4S.C7H7ClO2S.C4H8O2/c1-32-22-18(28-36(2,30)31)9-14(12-25-22)20-17-10-15(24)11-19(35-16-3-6-34-13-16)21(17)27-23(26-20)29-4-7-33-8-5-29;1-9-2-4-11(5-3-9)16(12,13)15-10-6-7-14-8-10;1-6-2-4-7(5-3-6)11(8,9)10;5-4-1-2-6-3-4/h9-12,16,28H,3-8,13H2,1-2H3;2-5,10H,6-8H2,1H3;2-5H,1H3;4-5H,1-3H2/t16-;10-;;4-/m10.0/s1. The van der Waals surface area contributed by atoms with E-state index in [2.05, 4.69) is 9.71 Å². The van der Waals surface area contributed by atoms with E-state index in [1.807, 2.05) is 18.7 Å². The molecule has 69 heavy (non-hydrogen) atoms. The summed E-state index contributed by atoms with van der Waals surface area (Å²) >= 11 is 0. The third kappa shape index (κ3) is 16.1. The maximum absolute atomic E-state index is 14.8. The van der Waals surface area contributed by atoms with Gasteiger partial charge in [0.15, 0.2) is 0 Å². The lowest BCUT2D eigenvalue weighted by molar-refractivity contribution is 0.122. The molecule has 376 valence electrons. The van der Waals surface area contributed by atoms with E-state index < -0.39 is 35.0 Å². The molecule has 5 aromatic rings. The normalized spacial score (nSPS) is 19.3. The molecule has 3 aromatic carbocycles. The Bertz CT molecular complexity index is 2830. The van der Waals surface area contributed by atoms with Crippen LogP contribution in [0.5, 0.6) is 11.6 Å². The average Bonchev–Trinajstić information content (AvgIpc) is 4.13. The van der Waals surface area contributed by atoms with E-state index in [1.165, 1.54) is 37.6 Å². The van der Waals surface area contributed by atoms with Gasteiger partial charge in [-0.3, -0.25) is 8.91 Å². The largest absolute Gasteiger partial charge is 0.486 e. The molecule has 0 unspecified atom stereocenters. The quantitative estimate of drug-likeness (QED) is 0.124. The number of hydrogen-bond acceptors (Lipinski definition) is 18. The highest BCUT2D eigenvalue weighted by Gasteiger charge is 2.26. The van der Waals surface area contributed by atoms with Gasteiger partial charge in [-0.25, -0.2) is 36.2 Å². The van der Waals surface area contributed by atoms with E-state index in [1.54, 1.807) is 42.5 Å². The fourth-order valence-corrected chi connectivity index (χ4v) is 9.33. The lowest BCUT2D eigenvalue weighted by Gasteiger charge is -2.27. The molecule has 4 aliphatic rings. The predicted octanol–water partition coefficient (Wildman–Crippen LogP) is 5.39. The minimum absolute atomic E-state index is 0.0902. The van der Waals surface area contributed by atoms with Crippen molar-refractivity contribution in [3.8, 4) is 22.9 Å². The van der Waals surface area contributed by atoms with Crippen molar-refractivity contribution in [3.05, 3.63) is 89.9 Å². The number of aryl methyl sites for hydroxylation is 2. The maximum atomic E-state index is 14.8. The van der Waals surface area contributed by atoms with E-state index in [-0.39, 0.29) is 45.4 Å². The number of nitrogens with zero attached hydrogens (tertiary/aromatic N) is 4. The minimum atomic E-state index is -3.64. The second-order valence-electron chi connectivity index (χ2n) is 16.1. The number of nitrogens with one attached hydrogen (secondary N) is 1. The third-order valence-corrected chi connectivity index (χ3v) is 13.8. The number of anilines is 2. The number of sulfonamides is 1. The molecule has 4 saturated heterocycles. The Morgan fingerprint density at radius 3 is 1.88 bits per heavy atom. The van der Waals surface area contributed by atoms with Gasteiger partial charge in [0.2, 0.25) is 21.9 Å². The third-order valence-electron chi connectivity index (χ3n) is 10.5. The van der Waals surface area contributed by atoms with Gasteiger partial charge in [0.25, 0.3) is 19.2 Å². The van der Waals surface area contributed by atoms with Crippen LogP contribution in [0, 0.1) is 19.7 Å². The molecule has 0 aliphatic carbocycles. The maximum Gasteiger partial charge on any atom is 0.297 e. The lowest BCUT2D eigenvalue weighted by Crippen LogP contribution is -2.37. The first kappa shape index (κ1) is 53.5. The molecular formula is C45H55ClFN5O14S3. The summed E-state index contributed by atoms with van der Waals surface area (Å²) in [7, 11) is -4.34. The zero-order valence-corrected chi connectivity index (χ0v) is 41.6. The molecule has 0 spiro atoms. The molecule has 0 saturated carbocycles. The van der Waals surface area contributed by atoms with Crippen molar-refractivity contribution in [1.29, 1.82) is 0 Å². The minimum Gasteiger partial charge on any atom is -0.486 e. The van der Waals surface area contributed by atoms with Crippen molar-refractivity contribution in [2.75, 3.05) is 88.9 Å². The van der Waals surface area contributed by atoms with Crippen LogP contribution >= 0.6 is 10.7 Å². The summed E-state index contributed by atoms with van der Waals surface area (Å²) < 4.78 is 123. The fraction of sp³-hybridized carbons (Fsp3) is 0.444. The van der Waals surface area contributed by atoms with Crippen LogP contribution in [-0.2, 0) is 52.3 Å². The summed E-state index contributed by atoms with van der Waals surface area (Å²) in [5.74, 6) is 0.284. The molecule has 9 rings (SSSR count). The second-order valence-corrected chi connectivity index (χ2v) is 22.0. The first-order valence-corrected chi connectivity index (χ1v) is 27.3. The van der Waals surface area contributed by atoms with Crippen LogP contribution in [0.3, 0.4) is 0 Å². The number of halogens is 2. The molecule has 19 nitrogen and oxygen atoms in total. The number of ether oxygens (including phenoxy) is 6. The van der Waals surface area contributed by atoms with Gasteiger partial charge >= 0.3 is 0 Å². The number of aromatic nitrogens is 3. The van der Waals surface area contributed by atoms with Gasteiger partial charge in [-0.1, -0.05) is 35.4 Å². The van der Waals surface area contributed by atoms with Gasteiger partial charge < -0.3 is 38.4 Å². The number of hydrogen-bond donors (Lipinski definition) is 2. The van der Waals surface area contributed by atoms with E-state index in [0.717, 1.165) is 30.4 Å². The number of methoxy groups -OCH3 is 1. The number of aliphatic hydroxyl groups excluding tert-OH is 1. The molecule has 0 radical (unpaired) electrons. The van der Waals surface area contributed by atoms with Gasteiger partial charge in [0, 0.05) is 73.0 Å². The van der Waals surface area contributed by atoms with Gasteiger partial charge in [-0.05, 0) is 56.7 Å². The van der Waals surface area contributed by atoms with Gasteiger partial charge in [-0.2, -0.15) is 8.42 Å². The summed E-state index contributed by atoms with van der Waals surface area (Å²) in [5, 5.41) is 9.01. The SMILES string of the molecule is COc1ncc(-c2nc(N3CCOCC3)nc3c(O[C@@H]4CCOC4)cc(F)cc23)cc1NS(C)(=O)=O.Cc1ccc(S(=O)(=O)Cl)cc1.Cc1ccc(S(=O)(=O)O[C@H]2CCOC2)cc1.O[C@H]1CCOC1. The van der Waals surface area contributed by atoms with Crippen molar-refractivity contribution in [2.45, 2.75) is 61.2 Å². The Hall–Kier alpha value is -4.82. The summed E-state index contributed by atoms with van der Waals surface area (Å²) in [4.78, 5) is 16.1. The molecule has 24 heteroatoms. The molecule has 0 bridgehead atoms. The molecule has 2 N–H and O–H groups in total. The topological polar surface area (TPSA) is 241 Å². The Kier molecular flexibility index (Phi) is 18.9. The highest BCUT2D eigenvalue weighted by atomic mass is 35.7. The first-order valence-electron chi connectivity index (χ1n) is 21.7. The summed E-state index contributed by atoms with van der Waals surface area (Å²) in [5.41, 5.74) is 3.42. The zero-order valence-electron chi connectivity index (χ0n) is 38.4. The van der Waals surface area contributed by atoms with Crippen LogP contribution in [0.4, 0.5) is 16.0 Å². The highest BCUT2D eigenvalue weighted by molar-refractivity contribution is 8.13. The van der Waals surface area contributed by atoms with Crippen LogP contribution < -0.4 is 19.1 Å². The van der Waals surface area contributed by atoms with Crippen LogP contribution in [0.25, 0.3) is 22.2 Å². The molecule has 0 amide bonds. The number of benzene rings is 3. The van der Waals surface area contributed by atoms with Gasteiger partial charge in [0.05, 0.1) is 74.6 Å². The van der Waals surface area contributed by atoms with Gasteiger partial charge in [-0.15, -0.1) is 0 Å². The molecule has 4 fully saturated rings. The smallest absolute Gasteiger partial charge is 0.297 e. The summed E-state index contributed by atoms with van der Waals surface area (Å²) in [6.07, 6.45) is 3.93. The number of fused-ring (bicyclic) bond motifs is 1. The average molecular weight is 1040 g/mol. The number of aliphatic hydroxyl groups is 1. The van der Waals surface area contributed by atoms with Crippen LogP contribution in [-0.4, -0.2) is 143 Å². The Morgan fingerprint density at radius 1 is 0.768 bits per heavy atom. The van der Waals surface area contributed by atoms with Crippen molar-refractivity contribution < 1.29 is 67.4 Å². The second kappa shape index (κ2) is 24.3. The molecule has 4 aliphatic heterocycles. The van der Waals surface area contributed by atoms with Crippen LogP contribution in [0.15, 0.2) is 82.7 Å². The van der Waals surface area contributed by atoms with Crippen molar-refractivity contribution in [1.82, 2.24) is 15.0 Å². The Morgan fingerprint density at radius 2 is 1.36 bits per heavy atom. The van der Waals surface area contributed by atoms with Crippen LogP contribution in [0.1, 0.15) is 30.4 Å². The highest BCUT2D eigenvalue weighted by Crippen LogP contribution is 2.37. The Balaban J connectivity index is 0.000000192. The Labute approximate surface area is 405 Å². The number of pyridine rings is 1. The van der Waals surface area contributed by atoms with Crippen LogP contribution in [0.2, 0.25) is 0 Å². The van der Waals surface area contributed by atoms with E-state index >= 15 is 0 Å². The molecular weight excluding hydrogens is 985 g/mol. The lowest BCUT2D eigenvalue weighted by atomic mass is 10.1. The summed E-state index contributed by atoms with van der Waals surface area (Å²) in [6, 6.07) is 17.2.